The van der Waals surface area contributed by atoms with E-state index in [4.69, 9.17) is 21.8 Å². The molecule has 3 heterocycles. The van der Waals surface area contributed by atoms with Gasteiger partial charge in [-0.05, 0) is 34.5 Å². The van der Waals surface area contributed by atoms with Crippen LogP contribution in [0.3, 0.4) is 0 Å². The molecule has 4 rings (SSSR count). The van der Waals surface area contributed by atoms with Crippen molar-refractivity contribution in [3.05, 3.63) is 80.2 Å². The number of fused-ring (bicyclic) bond motifs is 1. The predicted molar refractivity (Wildman–Crippen MR) is 95.7 cm³/mol. The number of hydrogen-bond acceptors (Lipinski definition) is 4. The molecule has 0 unspecified atom stereocenters. The summed E-state index contributed by atoms with van der Waals surface area (Å²) in [7, 11) is 0. The molecule has 2 aromatic heterocycles. The molecule has 0 saturated carbocycles. The highest BCUT2D eigenvalue weighted by atomic mass is 35.5. The van der Waals surface area contributed by atoms with E-state index in [0.29, 0.717) is 28.8 Å². The first-order valence-electron chi connectivity index (χ1n) is 7.83. The third kappa shape index (κ3) is 2.58. The van der Waals surface area contributed by atoms with Crippen LogP contribution in [0, 0.1) is 17.5 Å². The summed E-state index contributed by atoms with van der Waals surface area (Å²) in [4.78, 5) is 4.63. The van der Waals surface area contributed by atoms with Crippen LogP contribution in [-0.2, 0) is 6.54 Å². The maximum Gasteiger partial charge on any atom is 0.351 e. The minimum atomic E-state index is 0.336. The Hall–Kier alpha value is -2.76. The molecule has 0 aliphatic carbocycles. The summed E-state index contributed by atoms with van der Waals surface area (Å²) in [5.74, 6) is 1.40. The Morgan fingerprint density at radius 2 is 2.16 bits per heavy atom. The molecule has 0 radical (unpaired) electrons. The lowest BCUT2D eigenvalue weighted by molar-refractivity contribution is -0.556. The number of halogens is 1. The summed E-state index contributed by atoms with van der Waals surface area (Å²) in [5.41, 5.74) is 8.47. The molecule has 1 aromatic carbocycles. The van der Waals surface area contributed by atoms with Gasteiger partial charge in [-0.2, -0.15) is 0 Å². The van der Waals surface area contributed by atoms with Crippen LogP contribution >= 0.6 is 11.6 Å². The van der Waals surface area contributed by atoms with Crippen LogP contribution in [0.1, 0.15) is 22.8 Å². The first-order valence-corrected chi connectivity index (χ1v) is 8.21. The molecule has 1 aliphatic rings. The second kappa shape index (κ2) is 5.95. The lowest BCUT2D eigenvalue weighted by Gasteiger charge is -1.99. The Balaban J connectivity index is 2.19. The molecule has 1 aliphatic heterocycles. The molecule has 0 saturated heterocycles. The molecule has 0 spiro atoms. The highest BCUT2D eigenvalue weighted by Gasteiger charge is 2.24. The van der Waals surface area contributed by atoms with Crippen LogP contribution in [0.4, 0.5) is 0 Å². The molecule has 0 atom stereocenters. The molecule has 0 bridgehead atoms. The van der Waals surface area contributed by atoms with Gasteiger partial charge in [-0.15, -0.1) is 0 Å². The van der Waals surface area contributed by atoms with Crippen molar-refractivity contribution < 1.29 is 8.78 Å². The normalized spacial score (nSPS) is 14.1. The summed E-state index contributed by atoms with van der Waals surface area (Å²) in [6, 6.07) is 9.37. The fourth-order valence-electron chi connectivity index (χ4n) is 2.97. The van der Waals surface area contributed by atoms with Gasteiger partial charge in [0.2, 0.25) is 0 Å². The third-order valence-electron chi connectivity index (χ3n) is 4.17. The van der Waals surface area contributed by atoms with Crippen LogP contribution in [-0.4, -0.2) is 4.98 Å². The summed E-state index contributed by atoms with van der Waals surface area (Å²) >= 11 is 6.49. The number of aromatic nitrogens is 2. The number of furan rings is 1. The van der Waals surface area contributed by atoms with Gasteiger partial charge in [0, 0.05) is 18.7 Å². The summed E-state index contributed by atoms with van der Waals surface area (Å²) in [6.45, 7) is 6.20. The molecule has 124 valence electrons. The van der Waals surface area contributed by atoms with Crippen molar-refractivity contribution in [3.63, 3.8) is 0 Å². The minimum absolute atomic E-state index is 0.336. The maximum atomic E-state index is 6.49. The van der Waals surface area contributed by atoms with E-state index in [2.05, 4.69) is 16.7 Å². The van der Waals surface area contributed by atoms with E-state index in [1.54, 1.807) is 10.6 Å². The number of nitrogens with zero attached hydrogens (tertiary/aromatic N) is 3. The van der Waals surface area contributed by atoms with E-state index in [1.165, 1.54) is 0 Å². The average Bonchev–Trinajstić information content (AvgIpc) is 3.23. The largest absolute Gasteiger partial charge is 0.463 e. The smallest absolute Gasteiger partial charge is 0.351 e. The van der Waals surface area contributed by atoms with E-state index in [-0.39, 0.29) is 0 Å². The van der Waals surface area contributed by atoms with Crippen LogP contribution in [0.15, 0.2) is 46.1 Å². The van der Waals surface area contributed by atoms with Gasteiger partial charge in [0.25, 0.3) is 0 Å². The summed E-state index contributed by atoms with van der Waals surface area (Å²) in [6.07, 6.45) is 3.51. The van der Waals surface area contributed by atoms with E-state index in [0.717, 1.165) is 27.0 Å². The highest BCUT2D eigenvalue weighted by Crippen LogP contribution is 2.22. The Kier molecular flexibility index (Phi) is 3.75. The number of nitrogens with two attached hydrogens (primary N) is 1. The molecule has 6 heteroatoms. The predicted octanol–water partition coefficient (Wildman–Crippen LogP) is 2.62. The number of aryl methyl sites for hydroxylation is 1. The summed E-state index contributed by atoms with van der Waals surface area (Å²) < 4.78 is 7.23. The molecule has 0 fully saturated rings. The van der Waals surface area contributed by atoms with Crippen molar-refractivity contribution in [1.29, 1.82) is 0 Å². The van der Waals surface area contributed by atoms with Crippen LogP contribution in [0.2, 0.25) is 5.02 Å². The second-order valence-corrected chi connectivity index (χ2v) is 6.23. The van der Waals surface area contributed by atoms with Crippen molar-refractivity contribution in [2.45, 2.75) is 13.5 Å². The molecular formula is C19H16ClN4O+. The SMILES string of the molecule is C=c1ccc(=c2c(CN)c(C)nc3[n+]2=NC(c2ccco2)=C3)c(Cl)c1. The van der Waals surface area contributed by atoms with Gasteiger partial charge in [0.1, 0.15) is 0 Å². The Bertz CT molecular complexity index is 1210. The standard InChI is InChI=1S/C19H16ClN4O/c1-11-5-6-13(15(20)8-11)19-14(10-21)12(2)22-18-9-16(23-24(18)19)17-4-3-7-25-17/h3-9H,1,10,21H2,2H3/q+1. The van der Waals surface area contributed by atoms with E-state index < -0.39 is 0 Å². The molecule has 3 aromatic rings. The van der Waals surface area contributed by atoms with Crippen molar-refractivity contribution >= 4 is 30.0 Å². The van der Waals surface area contributed by atoms with Gasteiger partial charge in [-0.25, -0.2) is 0 Å². The highest BCUT2D eigenvalue weighted by molar-refractivity contribution is 6.30. The first-order chi connectivity index (χ1) is 12.1. The van der Waals surface area contributed by atoms with Crippen LogP contribution in [0.25, 0.3) is 18.4 Å². The van der Waals surface area contributed by atoms with Gasteiger partial charge < -0.3 is 10.2 Å². The van der Waals surface area contributed by atoms with Crippen LogP contribution < -0.4 is 15.3 Å². The molecule has 2 N–H and O–H groups in total. The van der Waals surface area contributed by atoms with Crippen molar-refractivity contribution in [1.82, 2.24) is 4.98 Å². The van der Waals surface area contributed by atoms with Crippen molar-refractivity contribution in [2.24, 2.45) is 10.8 Å². The fraction of sp³-hybridized carbons (Fsp3) is 0.105. The van der Waals surface area contributed by atoms with Gasteiger partial charge >= 0.3 is 5.82 Å². The second-order valence-electron chi connectivity index (χ2n) is 5.82. The quantitative estimate of drug-likeness (QED) is 0.721. The molecule has 5 nitrogen and oxygen atoms in total. The zero-order chi connectivity index (χ0) is 17.6. The molecule has 0 amide bonds. The van der Waals surface area contributed by atoms with E-state index in [1.807, 2.05) is 43.3 Å². The topological polar surface area (TPSA) is 70.3 Å². The zero-order valence-electron chi connectivity index (χ0n) is 13.7. The lowest BCUT2D eigenvalue weighted by Crippen LogP contribution is -2.26. The van der Waals surface area contributed by atoms with Gasteiger partial charge in [0.15, 0.2) is 22.5 Å². The third-order valence-corrected chi connectivity index (χ3v) is 4.49. The Morgan fingerprint density at radius 1 is 1.32 bits per heavy atom. The van der Waals surface area contributed by atoms with Crippen molar-refractivity contribution in [3.8, 4) is 0 Å². The Labute approximate surface area is 148 Å². The lowest BCUT2D eigenvalue weighted by atomic mass is 10.1. The van der Waals surface area contributed by atoms with Gasteiger partial charge in [-0.1, -0.05) is 33.7 Å². The number of benzene rings is 1. The number of hydrogen-bond donors (Lipinski definition) is 1. The first kappa shape index (κ1) is 15.7. The van der Waals surface area contributed by atoms with E-state index in [9.17, 15) is 0 Å². The molecule has 25 heavy (non-hydrogen) atoms. The van der Waals surface area contributed by atoms with Crippen molar-refractivity contribution in [2.75, 3.05) is 0 Å². The molecular weight excluding hydrogens is 336 g/mol. The maximum absolute atomic E-state index is 6.49. The van der Waals surface area contributed by atoms with Gasteiger partial charge in [-0.3, -0.25) is 0 Å². The number of rotatable bonds is 2. The average molecular weight is 352 g/mol. The van der Waals surface area contributed by atoms with Gasteiger partial charge in [0.05, 0.1) is 22.9 Å². The zero-order valence-corrected chi connectivity index (χ0v) is 14.4. The van der Waals surface area contributed by atoms with E-state index >= 15 is 0 Å². The fourth-order valence-corrected chi connectivity index (χ4v) is 3.26. The monoisotopic (exact) mass is 351 g/mol. The Morgan fingerprint density at radius 3 is 2.84 bits per heavy atom. The van der Waals surface area contributed by atoms with Crippen LogP contribution in [0.5, 0.6) is 0 Å². The summed E-state index contributed by atoms with van der Waals surface area (Å²) in [5, 5.41) is 7.81. The minimum Gasteiger partial charge on any atom is -0.463 e.